The van der Waals surface area contributed by atoms with Gasteiger partial charge in [-0.3, -0.25) is 19.8 Å². The van der Waals surface area contributed by atoms with Crippen LogP contribution in [0.4, 0.5) is 11.6 Å². The standard InChI is InChI=1S/C41H50N12O6/c1-7-45-30(16-23(3)42)40(57)49-41-47-29-19-25(36(43)55)20-32(58-6)35(29)52(41)13-10-9-12-51-34-27(18-26(39(56)44-5)21-33(34)59-15-11-14-54)28-22-46-37(48-38(28)51)31-17-24(4)50-53(31)8-2/h9-10,16-22,28,38,54H,7-8,11-15H2,1-6H3,(H6,42,43,44,45,47,49,55,56,57)/p+2/b10-9+. The summed E-state index contributed by atoms with van der Waals surface area (Å²) < 4.78 is 15.7. The number of allylic oxidation sites excluding steroid dienone is 2. The molecule has 0 radical (unpaired) electrons. The SMILES string of the molecule is CCN=C(/C=C(/C)N)C(=O)Nc1[nH]c2cc(C(N)=O)cc(OC)c2[n+]1C/C=C/CN1c2c(OCCCO)cc(C(=O)[NH2+]C)cc2C2C=NC(c3cc(C)nn3CC)=NC21. The number of ether oxygens (including phenoxy) is 2. The Balaban J connectivity index is 1.42. The summed E-state index contributed by atoms with van der Waals surface area (Å²) in [5.41, 5.74) is 17.2. The molecule has 2 atom stereocenters. The Morgan fingerprint density at radius 2 is 1.90 bits per heavy atom. The summed E-state index contributed by atoms with van der Waals surface area (Å²) in [4.78, 5) is 58.5. The highest BCUT2D eigenvalue weighted by atomic mass is 16.5. The second-order valence-corrected chi connectivity index (χ2v) is 14.0. The zero-order valence-electron chi connectivity index (χ0n) is 34.2. The van der Waals surface area contributed by atoms with Crippen LogP contribution in [0.2, 0.25) is 0 Å². The first-order chi connectivity index (χ1) is 28.4. The largest absolute Gasteiger partial charge is 0.493 e. The number of imidazole rings is 1. The maximum atomic E-state index is 13.6. The molecule has 2 aliphatic heterocycles. The number of nitrogens with one attached hydrogen (secondary N) is 2. The maximum absolute atomic E-state index is 13.6. The normalized spacial score (nSPS) is 16.4. The number of hydrogen-bond donors (Lipinski definition) is 6. The van der Waals surface area contributed by atoms with Crippen molar-refractivity contribution in [2.75, 3.05) is 50.7 Å². The Hall–Kier alpha value is -6.66. The fourth-order valence-electron chi connectivity index (χ4n) is 7.23. The number of hydrogen-bond acceptors (Lipinski definition) is 12. The number of aliphatic imine (C=N–C) groups is 3. The van der Waals surface area contributed by atoms with E-state index in [-0.39, 0.29) is 42.9 Å². The van der Waals surface area contributed by atoms with Crippen molar-refractivity contribution < 1.29 is 38.8 Å². The highest BCUT2D eigenvalue weighted by Crippen LogP contribution is 2.48. The van der Waals surface area contributed by atoms with Crippen LogP contribution < -0.4 is 41.0 Å². The number of amidine groups is 1. The molecule has 310 valence electrons. The van der Waals surface area contributed by atoms with Gasteiger partial charge >= 0.3 is 17.8 Å². The van der Waals surface area contributed by atoms with Crippen LogP contribution in [0.3, 0.4) is 0 Å². The van der Waals surface area contributed by atoms with Crippen LogP contribution in [0.25, 0.3) is 11.0 Å². The quantitative estimate of drug-likeness (QED) is 0.0391. The molecule has 3 amide bonds. The van der Waals surface area contributed by atoms with Gasteiger partial charge in [-0.25, -0.2) is 34.4 Å². The lowest BCUT2D eigenvalue weighted by atomic mass is 9.96. The molecular weight excluding hydrogens is 757 g/mol. The van der Waals surface area contributed by atoms with Crippen molar-refractivity contribution in [2.45, 2.75) is 59.3 Å². The number of quaternary nitrogens is 1. The molecule has 18 heteroatoms. The summed E-state index contributed by atoms with van der Waals surface area (Å²) in [5, 5.41) is 18.6. The van der Waals surface area contributed by atoms with Crippen LogP contribution in [-0.4, -0.2) is 102 Å². The highest BCUT2D eigenvalue weighted by Gasteiger charge is 2.42. The molecule has 18 nitrogen and oxygen atoms in total. The van der Waals surface area contributed by atoms with Crippen molar-refractivity contribution in [1.29, 1.82) is 0 Å². The average Bonchev–Trinajstić information content (AvgIpc) is 3.88. The first kappa shape index (κ1) is 42.0. The minimum absolute atomic E-state index is 0.0509. The molecule has 0 saturated heterocycles. The number of aryl methyl sites for hydroxylation is 2. The van der Waals surface area contributed by atoms with Gasteiger partial charge in [0.1, 0.15) is 28.8 Å². The lowest BCUT2D eigenvalue weighted by molar-refractivity contribution is -0.646. The van der Waals surface area contributed by atoms with Crippen molar-refractivity contribution in [1.82, 2.24) is 14.8 Å². The smallest absolute Gasteiger partial charge is 0.363 e. The minimum atomic E-state index is -0.640. The van der Waals surface area contributed by atoms with Crippen molar-refractivity contribution >= 4 is 58.2 Å². The van der Waals surface area contributed by atoms with Gasteiger partial charge in [-0.2, -0.15) is 5.10 Å². The monoisotopic (exact) mass is 808 g/mol. The van der Waals surface area contributed by atoms with Crippen molar-refractivity contribution in [3.8, 4) is 11.5 Å². The highest BCUT2D eigenvalue weighted by molar-refractivity contribution is 6.47. The molecule has 9 N–H and O–H groups in total. The molecule has 59 heavy (non-hydrogen) atoms. The molecule has 0 aliphatic carbocycles. The molecule has 4 heterocycles. The van der Waals surface area contributed by atoms with E-state index in [9.17, 15) is 19.5 Å². The van der Waals surface area contributed by atoms with E-state index in [0.717, 1.165) is 22.6 Å². The molecular formula is C41H52N12O6+2. The Morgan fingerprint density at radius 3 is 2.58 bits per heavy atom. The third-order valence-electron chi connectivity index (χ3n) is 9.83. The molecule has 0 fully saturated rings. The van der Waals surface area contributed by atoms with E-state index >= 15 is 0 Å². The van der Waals surface area contributed by atoms with Gasteiger partial charge in [0.05, 0.1) is 50.2 Å². The Kier molecular flexibility index (Phi) is 13.0. The Morgan fingerprint density at radius 1 is 1.12 bits per heavy atom. The zero-order chi connectivity index (χ0) is 42.4. The minimum Gasteiger partial charge on any atom is -0.493 e. The number of fused-ring (bicyclic) bond motifs is 4. The summed E-state index contributed by atoms with van der Waals surface area (Å²) in [6.45, 7) is 9.22. The number of anilines is 2. The van der Waals surface area contributed by atoms with Gasteiger partial charge in [0.2, 0.25) is 5.91 Å². The van der Waals surface area contributed by atoms with E-state index in [1.165, 1.54) is 18.5 Å². The van der Waals surface area contributed by atoms with Gasteiger partial charge in [0, 0.05) is 50.1 Å². The summed E-state index contributed by atoms with van der Waals surface area (Å²) in [7, 11) is 3.19. The van der Waals surface area contributed by atoms with Crippen LogP contribution in [0, 0.1) is 6.92 Å². The number of methoxy groups -OCH3 is 1. The van der Waals surface area contributed by atoms with E-state index in [1.807, 2.05) is 60.5 Å². The number of nitrogens with two attached hydrogens (primary N) is 3. The number of amides is 3. The van der Waals surface area contributed by atoms with Gasteiger partial charge in [0.25, 0.3) is 0 Å². The number of aliphatic hydroxyl groups excluding tert-OH is 1. The second kappa shape index (κ2) is 18.3. The van der Waals surface area contributed by atoms with E-state index in [1.54, 1.807) is 32.2 Å². The topological polar surface area (TPSA) is 248 Å². The first-order valence-corrected chi connectivity index (χ1v) is 19.5. The van der Waals surface area contributed by atoms with Gasteiger partial charge in [0.15, 0.2) is 17.1 Å². The number of aliphatic hydroxyl groups is 1. The number of aromatic nitrogens is 4. The van der Waals surface area contributed by atoms with E-state index in [2.05, 4.69) is 25.3 Å². The fraction of sp³-hybridized carbons (Fsp3) is 0.366. The van der Waals surface area contributed by atoms with E-state index < -0.39 is 18.0 Å². The molecule has 2 aromatic carbocycles. The number of nitrogens with zero attached hydrogens (tertiary/aromatic N) is 7. The van der Waals surface area contributed by atoms with E-state index in [0.29, 0.717) is 71.6 Å². The van der Waals surface area contributed by atoms with Gasteiger partial charge in [-0.05, 0) is 69.7 Å². The lowest BCUT2D eigenvalue weighted by Crippen LogP contribution is -2.83. The van der Waals surface area contributed by atoms with Crippen LogP contribution in [0.1, 0.15) is 70.8 Å². The van der Waals surface area contributed by atoms with Crippen molar-refractivity contribution in [3.05, 3.63) is 82.3 Å². The Bertz CT molecular complexity index is 2420. The molecule has 2 aliphatic rings. The molecule has 0 saturated carbocycles. The van der Waals surface area contributed by atoms with Crippen LogP contribution in [-0.2, 0) is 17.9 Å². The maximum Gasteiger partial charge on any atom is 0.363 e. The van der Waals surface area contributed by atoms with Crippen LogP contribution >= 0.6 is 0 Å². The van der Waals surface area contributed by atoms with Crippen LogP contribution in [0.15, 0.2) is 69.2 Å². The molecule has 2 unspecified atom stereocenters. The molecule has 4 aromatic rings. The Labute approximate surface area is 341 Å². The fourth-order valence-corrected chi connectivity index (χ4v) is 7.23. The molecule has 6 rings (SSSR count). The van der Waals surface area contributed by atoms with Gasteiger partial charge in [-0.1, -0.05) is 12.2 Å². The van der Waals surface area contributed by atoms with Crippen LogP contribution in [0.5, 0.6) is 11.5 Å². The number of carbonyl (C=O) groups is 3. The average molecular weight is 809 g/mol. The summed E-state index contributed by atoms with van der Waals surface area (Å²) in [6.07, 6.45) is 7.26. The van der Waals surface area contributed by atoms with Gasteiger partial charge < -0.3 is 30.9 Å². The van der Waals surface area contributed by atoms with Crippen molar-refractivity contribution in [3.63, 3.8) is 0 Å². The summed E-state index contributed by atoms with van der Waals surface area (Å²) >= 11 is 0. The second-order valence-electron chi connectivity index (χ2n) is 14.0. The molecule has 0 bridgehead atoms. The number of aromatic amines is 1. The molecule has 0 spiro atoms. The summed E-state index contributed by atoms with van der Waals surface area (Å²) in [5.74, 6) is 0.131. The van der Waals surface area contributed by atoms with E-state index in [4.69, 9.17) is 30.9 Å². The predicted octanol–water partition coefficient (Wildman–Crippen LogP) is 1.46. The number of benzene rings is 2. The number of H-pyrrole nitrogens is 1. The third-order valence-corrected chi connectivity index (χ3v) is 9.83. The number of rotatable bonds is 17. The number of carbonyl (C=O) groups excluding carboxylic acids is 3. The third kappa shape index (κ3) is 8.78. The zero-order valence-corrected chi connectivity index (χ0v) is 34.2. The first-order valence-electron chi connectivity index (χ1n) is 19.5. The lowest BCUT2D eigenvalue weighted by Gasteiger charge is -2.28. The molecule has 2 aromatic heterocycles. The predicted molar refractivity (Wildman–Crippen MR) is 225 cm³/mol. The number of primary amides is 2. The van der Waals surface area contributed by atoms with Gasteiger partial charge in [-0.15, -0.1) is 0 Å². The van der Waals surface area contributed by atoms with Crippen molar-refractivity contribution in [2.24, 2.45) is 26.4 Å². The summed E-state index contributed by atoms with van der Waals surface area (Å²) in [6, 6.07) is 8.73.